The molecule has 1 aliphatic heterocycles. The fourth-order valence-electron chi connectivity index (χ4n) is 3.71. The summed E-state index contributed by atoms with van der Waals surface area (Å²) in [7, 11) is 0. The molecule has 1 nitrogen and oxygen atoms in total. The molecular formula is C16H25N. The fourth-order valence-corrected chi connectivity index (χ4v) is 3.71. The molecule has 2 aliphatic carbocycles. The molecule has 1 saturated carbocycles. The Labute approximate surface area is 106 Å². The van der Waals surface area contributed by atoms with Crippen molar-refractivity contribution in [2.24, 2.45) is 11.8 Å². The van der Waals surface area contributed by atoms with E-state index in [1.807, 2.05) is 0 Å². The molecule has 0 aromatic carbocycles. The Bertz CT molecular complexity index is 303. The maximum atomic E-state index is 2.69. The van der Waals surface area contributed by atoms with Crippen LogP contribution in [0.3, 0.4) is 0 Å². The van der Waals surface area contributed by atoms with Gasteiger partial charge in [-0.15, -0.1) is 0 Å². The summed E-state index contributed by atoms with van der Waals surface area (Å²) in [5.74, 6) is 2.00. The van der Waals surface area contributed by atoms with E-state index in [1.165, 1.54) is 64.6 Å². The van der Waals surface area contributed by atoms with E-state index in [0.29, 0.717) is 0 Å². The van der Waals surface area contributed by atoms with Gasteiger partial charge >= 0.3 is 0 Å². The summed E-state index contributed by atoms with van der Waals surface area (Å²) in [6, 6.07) is 0. The van der Waals surface area contributed by atoms with Crippen molar-refractivity contribution in [3.05, 3.63) is 23.8 Å². The lowest BCUT2D eigenvalue weighted by molar-refractivity contribution is 0.0820. The molecule has 0 aromatic heterocycles. The van der Waals surface area contributed by atoms with Crippen molar-refractivity contribution in [3.63, 3.8) is 0 Å². The van der Waals surface area contributed by atoms with E-state index >= 15 is 0 Å². The third kappa shape index (κ3) is 3.01. The summed E-state index contributed by atoms with van der Waals surface area (Å²) in [4.78, 5) is 2.69. The van der Waals surface area contributed by atoms with Gasteiger partial charge < -0.3 is 4.90 Å². The minimum absolute atomic E-state index is 0.967. The van der Waals surface area contributed by atoms with Crippen LogP contribution in [0, 0.1) is 11.8 Å². The Morgan fingerprint density at radius 3 is 2.65 bits per heavy atom. The van der Waals surface area contributed by atoms with E-state index in [0.717, 1.165) is 11.8 Å². The van der Waals surface area contributed by atoms with Gasteiger partial charge in [0.15, 0.2) is 0 Å². The Kier molecular flexibility index (Phi) is 3.65. The molecule has 94 valence electrons. The molecule has 0 aromatic rings. The third-order valence-corrected chi connectivity index (χ3v) is 4.67. The van der Waals surface area contributed by atoms with Crippen LogP contribution in [0.2, 0.25) is 0 Å². The highest BCUT2D eigenvalue weighted by Crippen LogP contribution is 2.31. The molecule has 0 radical (unpaired) electrons. The summed E-state index contributed by atoms with van der Waals surface area (Å²) in [5.41, 5.74) is 1.69. The van der Waals surface area contributed by atoms with Crippen LogP contribution in [0.4, 0.5) is 0 Å². The van der Waals surface area contributed by atoms with Crippen LogP contribution >= 0.6 is 0 Å². The van der Waals surface area contributed by atoms with Gasteiger partial charge in [0, 0.05) is 19.6 Å². The molecule has 0 amide bonds. The van der Waals surface area contributed by atoms with E-state index < -0.39 is 0 Å². The molecule has 1 heterocycles. The lowest BCUT2D eigenvalue weighted by atomic mass is 9.88. The van der Waals surface area contributed by atoms with E-state index in [1.54, 1.807) is 5.57 Å². The van der Waals surface area contributed by atoms with Gasteiger partial charge in [-0.2, -0.15) is 0 Å². The number of hydrogen-bond acceptors (Lipinski definition) is 1. The van der Waals surface area contributed by atoms with Crippen LogP contribution < -0.4 is 0 Å². The van der Waals surface area contributed by atoms with Gasteiger partial charge in [-0.1, -0.05) is 36.6 Å². The smallest absolute Gasteiger partial charge is 0.00252 e. The van der Waals surface area contributed by atoms with Crippen LogP contribution in [0.1, 0.15) is 44.9 Å². The molecule has 3 aliphatic rings. The Hall–Kier alpha value is -0.560. The van der Waals surface area contributed by atoms with Crippen LogP contribution in [0.25, 0.3) is 0 Å². The summed E-state index contributed by atoms with van der Waals surface area (Å²) in [5, 5.41) is 0. The van der Waals surface area contributed by atoms with Crippen LogP contribution in [-0.4, -0.2) is 24.5 Å². The van der Waals surface area contributed by atoms with Crippen molar-refractivity contribution in [1.29, 1.82) is 0 Å². The molecule has 1 heteroatoms. The first-order valence-electron chi connectivity index (χ1n) is 7.47. The SMILES string of the molecule is C1=CCCC(CC2CN(CC3CCCC3)C2)=C1. The Morgan fingerprint density at radius 1 is 1.12 bits per heavy atom. The van der Waals surface area contributed by atoms with Crippen molar-refractivity contribution in [1.82, 2.24) is 4.90 Å². The van der Waals surface area contributed by atoms with Crippen molar-refractivity contribution < 1.29 is 0 Å². The summed E-state index contributed by atoms with van der Waals surface area (Å²) in [6.07, 6.45) is 16.8. The molecule has 3 rings (SSSR count). The van der Waals surface area contributed by atoms with Gasteiger partial charge in [0.1, 0.15) is 0 Å². The van der Waals surface area contributed by atoms with E-state index in [9.17, 15) is 0 Å². The van der Waals surface area contributed by atoms with E-state index in [-0.39, 0.29) is 0 Å². The van der Waals surface area contributed by atoms with Crippen molar-refractivity contribution in [2.45, 2.75) is 44.9 Å². The Morgan fingerprint density at radius 2 is 1.94 bits per heavy atom. The van der Waals surface area contributed by atoms with Crippen LogP contribution in [0.15, 0.2) is 23.8 Å². The normalized spacial score (nSPS) is 27.2. The first kappa shape index (κ1) is 11.5. The van der Waals surface area contributed by atoms with Gasteiger partial charge in [0.05, 0.1) is 0 Å². The van der Waals surface area contributed by atoms with Gasteiger partial charge in [0.25, 0.3) is 0 Å². The number of rotatable bonds is 4. The highest BCUT2D eigenvalue weighted by atomic mass is 15.2. The Balaban J connectivity index is 1.36. The number of hydrogen-bond donors (Lipinski definition) is 0. The second-order valence-electron chi connectivity index (χ2n) is 6.23. The lowest BCUT2D eigenvalue weighted by Gasteiger charge is -2.41. The summed E-state index contributed by atoms with van der Waals surface area (Å²) in [6.45, 7) is 4.14. The van der Waals surface area contributed by atoms with Gasteiger partial charge in [-0.05, 0) is 43.9 Å². The molecule has 0 unspecified atom stereocenters. The van der Waals surface area contributed by atoms with Crippen molar-refractivity contribution in [2.75, 3.05) is 19.6 Å². The predicted molar refractivity (Wildman–Crippen MR) is 73.0 cm³/mol. The monoisotopic (exact) mass is 231 g/mol. The number of nitrogens with zero attached hydrogens (tertiary/aromatic N) is 1. The topological polar surface area (TPSA) is 3.24 Å². The molecule has 0 N–H and O–H groups in total. The number of allylic oxidation sites excluding steroid dienone is 4. The largest absolute Gasteiger partial charge is 0.302 e. The van der Waals surface area contributed by atoms with Gasteiger partial charge in [-0.25, -0.2) is 0 Å². The molecule has 0 spiro atoms. The molecule has 1 saturated heterocycles. The van der Waals surface area contributed by atoms with Gasteiger partial charge in [0.2, 0.25) is 0 Å². The van der Waals surface area contributed by atoms with Crippen molar-refractivity contribution in [3.8, 4) is 0 Å². The first-order chi connectivity index (χ1) is 8.40. The highest BCUT2D eigenvalue weighted by Gasteiger charge is 2.29. The fraction of sp³-hybridized carbons (Fsp3) is 0.750. The molecule has 0 bridgehead atoms. The second kappa shape index (κ2) is 5.39. The minimum atomic E-state index is 0.967. The third-order valence-electron chi connectivity index (χ3n) is 4.67. The van der Waals surface area contributed by atoms with Crippen LogP contribution in [0.5, 0.6) is 0 Å². The highest BCUT2D eigenvalue weighted by molar-refractivity contribution is 5.18. The average Bonchev–Trinajstić information content (AvgIpc) is 2.80. The van der Waals surface area contributed by atoms with Crippen molar-refractivity contribution >= 4 is 0 Å². The maximum absolute atomic E-state index is 2.69. The number of likely N-dealkylation sites (tertiary alicyclic amines) is 1. The summed E-state index contributed by atoms with van der Waals surface area (Å²) >= 11 is 0. The lowest BCUT2D eigenvalue weighted by Crippen LogP contribution is -2.48. The first-order valence-corrected chi connectivity index (χ1v) is 7.47. The molecular weight excluding hydrogens is 206 g/mol. The molecule has 17 heavy (non-hydrogen) atoms. The maximum Gasteiger partial charge on any atom is 0.00252 e. The zero-order valence-corrected chi connectivity index (χ0v) is 10.9. The standard InChI is InChI=1S/C16H25N/c1-2-6-14(7-3-1)10-16-12-17(13-16)11-15-8-4-5-9-15/h1-2,6,15-16H,3-5,7-13H2. The zero-order valence-electron chi connectivity index (χ0n) is 10.9. The average molecular weight is 231 g/mol. The molecule has 2 fully saturated rings. The van der Waals surface area contributed by atoms with Gasteiger partial charge in [-0.3, -0.25) is 0 Å². The molecule has 0 atom stereocenters. The second-order valence-corrected chi connectivity index (χ2v) is 6.23. The quantitative estimate of drug-likeness (QED) is 0.712. The van der Waals surface area contributed by atoms with Crippen LogP contribution in [-0.2, 0) is 0 Å². The minimum Gasteiger partial charge on any atom is -0.302 e. The zero-order chi connectivity index (χ0) is 11.5. The summed E-state index contributed by atoms with van der Waals surface area (Å²) < 4.78 is 0. The van der Waals surface area contributed by atoms with E-state index in [2.05, 4.69) is 23.1 Å². The predicted octanol–water partition coefficient (Wildman–Crippen LogP) is 3.77. The van der Waals surface area contributed by atoms with E-state index in [4.69, 9.17) is 0 Å².